The van der Waals surface area contributed by atoms with E-state index in [4.69, 9.17) is 11.6 Å². The lowest BCUT2D eigenvalue weighted by atomic mass is 9.98. The van der Waals surface area contributed by atoms with Crippen molar-refractivity contribution in [1.29, 1.82) is 0 Å². The van der Waals surface area contributed by atoms with E-state index in [2.05, 4.69) is 19.9 Å². The van der Waals surface area contributed by atoms with Crippen molar-refractivity contribution >= 4 is 17.5 Å². The number of nitrogens with zero attached hydrogens (tertiary/aromatic N) is 6. The molecule has 1 aliphatic rings. The zero-order valence-electron chi connectivity index (χ0n) is 11.8. The average Bonchev–Trinajstić information content (AvgIpc) is 2.89. The molecule has 0 bridgehead atoms. The van der Waals surface area contributed by atoms with Gasteiger partial charge in [-0.25, -0.2) is 4.98 Å². The van der Waals surface area contributed by atoms with E-state index in [0.29, 0.717) is 24.9 Å². The maximum atomic E-state index is 10.2. The first kappa shape index (κ1) is 14.2. The van der Waals surface area contributed by atoms with Crippen LogP contribution < -0.4 is 4.90 Å². The van der Waals surface area contributed by atoms with Gasteiger partial charge < -0.3 is 10.0 Å². The number of hydrogen-bond acceptors (Lipinski definition) is 6. The highest BCUT2D eigenvalue weighted by molar-refractivity contribution is 6.28. The van der Waals surface area contributed by atoms with Gasteiger partial charge in [0.2, 0.25) is 17.2 Å². The summed E-state index contributed by atoms with van der Waals surface area (Å²) in [6.07, 6.45) is 7.36. The van der Waals surface area contributed by atoms with E-state index in [0.717, 1.165) is 19.4 Å². The summed E-state index contributed by atoms with van der Waals surface area (Å²) in [5.74, 6) is 0.981. The predicted octanol–water partition coefficient (Wildman–Crippen LogP) is 1.45. The molecule has 112 valence electrons. The monoisotopic (exact) mass is 308 g/mol. The molecule has 2 aromatic rings. The van der Waals surface area contributed by atoms with Crippen molar-refractivity contribution in [1.82, 2.24) is 24.5 Å². The molecule has 21 heavy (non-hydrogen) atoms. The molecule has 0 radical (unpaired) electrons. The van der Waals surface area contributed by atoms with Gasteiger partial charge in [-0.3, -0.25) is 4.57 Å². The van der Waals surface area contributed by atoms with Gasteiger partial charge in [0.05, 0.1) is 5.60 Å². The van der Waals surface area contributed by atoms with Crippen LogP contribution in [-0.2, 0) is 0 Å². The Morgan fingerprint density at radius 2 is 2.00 bits per heavy atom. The molecule has 8 heteroatoms. The van der Waals surface area contributed by atoms with E-state index in [1.54, 1.807) is 23.3 Å². The number of rotatable bonds is 2. The van der Waals surface area contributed by atoms with Crippen LogP contribution in [0.15, 0.2) is 18.7 Å². The summed E-state index contributed by atoms with van der Waals surface area (Å²) < 4.78 is 1.69. The molecule has 7 nitrogen and oxygen atoms in total. The Labute approximate surface area is 127 Å². The Morgan fingerprint density at radius 1 is 1.19 bits per heavy atom. The quantitative estimate of drug-likeness (QED) is 0.904. The molecular weight excluding hydrogens is 292 g/mol. The first-order chi connectivity index (χ1) is 10.0. The minimum atomic E-state index is -0.626. The number of hydrogen-bond donors (Lipinski definition) is 1. The predicted molar refractivity (Wildman–Crippen MR) is 78.6 cm³/mol. The van der Waals surface area contributed by atoms with Gasteiger partial charge >= 0.3 is 0 Å². The van der Waals surface area contributed by atoms with Gasteiger partial charge in [0.1, 0.15) is 6.33 Å². The molecule has 1 saturated heterocycles. The SMILES string of the molecule is CC1(O)CCCN(c2nc(Cl)nc(-n3ccnc3)n2)CC1. The van der Waals surface area contributed by atoms with E-state index in [1.807, 2.05) is 11.8 Å². The highest BCUT2D eigenvalue weighted by Crippen LogP contribution is 2.24. The zero-order valence-corrected chi connectivity index (χ0v) is 12.5. The normalized spacial score (nSPS) is 23.1. The highest BCUT2D eigenvalue weighted by Gasteiger charge is 2.26. The third kappa shape index (κ3) is 3.30. The van der Waals surface area contributed by atoms with Gasteiger partial charge in [-0.1, -0.05) is 0 Å². The van der Waals surface area contributed by atoms with E-state index < -0.39 is 5.60 Å². The number of aromatic nitrogens is 5. The molecule has 1 unspecified atom stereocenters. The zero-order chi connectivity index (χ0) is 14.9. The maximum absolute atomic E-state index is 10.2. The number of aliphatic hydroxyl groups is 1. The Bertz CT molecular complexity index is 615. The molecule has 1 aliphatic heterocycles. The highest BCUT2D eigenvalue weighted by atomic mass is 35.5. The fourth-order valence-corrected chi connectivity index (χ4v) is 2.58. The van der Waals surface area contributed by atoms with Crippen molar-refractivity contribution in [3.05, 3.63) is 24.0 Å². The Balaban J connectivity index is 1.88. The van der Waals surface area contributed by atoms with Gasteiger partial charge in [-0.05, 0) is 37.8 Å². The molecule has 0 spiro atoms. The molecule has 1 N–H and O–H groups in total. The molecule has 0 saturated carbocycles. The third-order valence-corrected chi connectivity index (χ3v) is 3.84. The van der Waals surface area contributed by atoms with Crippen LogP contribution in [0.3, 0.4) is 0 Å². The van der Waals surface area contributed by atoms with E-state index in [1.165, 1.54) is 0 Å². The third-order valence-electron chi connectivity index (χ3n) is 3.67. The summed E-state index contributed by atoms with van der Waals surface area (Å²) >= 11 is 6.01. The van der Waals surface area contributed by atoms with Gasteiger partial charge in [0.15, 0.2) is 0 Å². The van der Waals surface area contributed by atoms with Gasteiger partial charge in [0.25, 0.3) is 0 Å². The van der Waals surface area contributed by atoms with Crippen LogP contribution in [-0.4, -0.2) is 48.3 Å². The Morgan fingerprint density at radius 3 is 2.76 bits per heavy atom. The summed E-state index contributed by atoms with van der Waals surface area (Å²) in [5, 5.41) is 10.3. The van der Waals surface area contributed by atoms with Crippen LogP contribution in [0, 0.1) is 0 Å². The van der Waals surface area contributed by atoms with Crippen molar-refractivity contribution in [3.63, 3.8) is 0 Å². The molecule has 0 aromatic carbocycles. The molecule has 3 rings (SSSR count). The second-order valence-electron chi connectivity index (χ2n) is 5.51. The Hall–Kier alpha value is -1.73. The summed E-state index contributed by atoms with van der Waals surface area (Å²) in [6, 6.07) is 0. The standard InChI is InChI=1S/C13H17ClN6O/c1-13(21)3-2-6-19(7-4-13)11-16-10(14)17-12(18-11)20-8-5-15-9-20/h5,8-9,21H,2-4,6-7H2,1H3. The molecule has 0 amide bonds. The molecule has 0 aliphatic carbocycles. The van der Waals surface area contributed by atoms with Gasteiger partial charge in [0, 0.05) is 25.5 Å². The molecule has 2 aromatic heterocycles. The van der Waals surface area contributed by atoms with Crippen molar-refractivity contribution in [2.75, 3.05) is 18.0 Å². The summed E-state index contributed by atoms with van der Waals surface area (Å²) in [5.41, 5.74) is -0.626. The topological polar surface area (TPSA) is 80.0 Å². The van der Waals surface area contributed by atoms with Crippen LogP contribution in [0.5, 0.6) is 0 Å². The van der Waals surface area contributed by atoms with Crippen LogP contribution in [0.4, 0.5) is 5.95 Å². The summed E-state index contributed by atoms with van der Waals surface area (Å²) in [4.78, 5) is 18.8. The second-order valence-corrected chi connectivity index (χ2v) is 5.85. The smallest absolute Gasteiger partial charge is 0.241 e. The number of halogens is 1. The molecule has 1 atom stereocenters. The fourth-order valence-electron chi connectivity index (χ4n) is 2.43. The first-order valence-corrected chi connectivity index (χ1v) is 7.29. The largest absolute Gasteiger partial charge is 0.390 e. The average molecular weight is 309 g/mol. The Kier molecular flexibility index (Phi) is 3.77. The van der Waals surface area contributed by atoms with Crippen molar-refractivity contribution in [3.8, 4) is 5.95 Å². The van der Waals surface area contributed by atoms with Crippen molar-refractivity contribution in [2.45, 2.75) is 31.8 Å². The van der Waals surface area contributed by atoms with E-state index >= 15 is 0 Å². The van der Waals surface area contributed by atoms with E-state index in [9.17, 15) is 5.11 Å². The van der Waals surface area contributed by atoms with Crippen LogP contribution in [0.1, 0.15) is 26.2 Å². The van der Waals surface area contributed by atoms with Crippen molar-refractivity contribution < 1.29 is 5.11 Å². The molecule has 3 heterocycles. The molecular formula is C13H17ClN6O. The van der Waals surface area contributed by atoms with Gasteiger partial charge in [-0.2, -0.15) is 15.0 Å². The lowest BCUT2D eigenvalue weighted by Crippen LogP contribution is -2.29. The number of anilines is 1. The number of imidazole rings is 1. The fraction of sp³-hybridized carbons (Fsp3) is 0.538. The van der Waals surface area contributed by atoms with Gasteiger partial charge in [-0.15, -0.1) is 0 Å². The molecule has 1 fully saturated rings. The first-order valence-electron chi connectivity index (χ1n) is 6.91. The summed E-state index contributed by atoms with van der Waals surface area (Å²) in [6.45, 7) is 3.35. The van der Waals surface area contributed by atoms with Crippen LogP contribution >= 0.6 is 11.6 Å². The maximum Gasteiger partial charge on any atom is 0.241 e. The lowest BCUT2D eigenvalue weighted by Gasteiger charge is -2.22. The minimum Gasteiger partial charge on any atom is -0.390 e. The van der Waals surface area contributed by atoms with Crippen molar-refractivity contribution in [2.24, 2.45) is 0 Å². The van der Waals surface area contributed by atoms with E-state index in [-0.39, 0.29) is 5.28 Å². The summed E-state index contributed by atoms with van der Waals surface area (Å²) in [7, 11) is 0. The second kappa shape index (κ2) is 5.57. The van der Waals surface area contributed by atoms with Crippen LogP contribution in [0.25, 0.3) is 5.95 Å². The minimum absolute atomic E-state index is 0.153. The lowest BCUT2D eigenvalue weighted by molar-refractivity contribution is 0.0481. The van der Waals surface area contributed by atoms with Crippen LogP contribution in [0.2, 0.25) is 5.28 Å².